The Morgan fingerprint density at radius 1 is 1.10 bits per heavy atom. The number of carboxylic acids is 1. The van der Waals surface area contributed by atoms with Crippen molar-refractivity contribution >= 4 is 5.97 Å². The molecule has 0 radical (unpaired) electrons. The lowest BCUT2D eigenvalue weighted by molar-refractivity contribution is -0.152. The number of hydrogen-bond acceptors (Lipinski definition) is 6. The molecule has 0 amide bonds. The molecule has 0 fully saturated rings. The maximum absolute atomic E-state index is 12.7. The topological polar surface area (TPSA) is 108 Å². The van der Waals surface area contributed by atoms with Crippen molar-refractivity contribution in [2.45, 2.75) is 39.8 Å². The Morgan fingerprint density at radius 3 is 2.23 bits per heavy atom. The molecule has 2 aromatic carbocycles. The fourth-order valence-electron chi connectivity index (χ4n) is 3.02. The minimum atomic E-state index is -1.35. The monoisotopic (exact) mass is 412 g/mol. The van der Waals surface area contributed by atoms with Crippen molar-refractivity contribution in [2.24, 2.45) is 0 Å². The molecule has 0 aliphatic carbocycles. The van der Waals surface area contributed by atoms with E-state index < -0.39 is 11.6 Å². The molecule has 0 aliphatic heterocycles. The molecule has 158 valence electrons. The van der Waals surface area contributed by atoms with E-state index in [4.69, 9.17) is 9.47 Å². The molecule has 9 heteroatoms. The maximum Gasteiger partial charge on any atom is 0.368 e. The summed E-state index contributed by atoms with van der Waals surface area (Å²) < 4.78 is 13.3. The number of benzene rings is 2. The normalized spacial score (nSPS) is 11.4. The molecule has 0 aliphatic rings. The number of hydrogen-bond donors (Lipinski definition) is 1. The van der Waals surface area contributed by atoms with Gasteiger partial charge in [0.05, 0.1) is 19.3 Å². The summed E-state index contributed by atoms with van der Waals surface area (Å²) in [6.07, 6.45) is 0. The molecule has 3 rings (SSSR count). The number of nitrogens with zero attached hydrogens (tertiary/aromatic N) is 4. The van der Waals surface area contributed by atoms with Crippen LogP contribution < -0.4 is 15.2 Å². The third-order valence-corrected chi connectivity index (χ3v) is 4.68. The molecule has 3 aromatic rings. The van der Waals surface area contributed by atoms with E-state index in [2.05, 4.69) is 10.4 Å². The van der Waals surface area contributed by atoms with Gasteiger partial charge in [-0.2, -0.15) is 9.36 Å². The predicted octanol–water partition coefficient (Wildman–Crippen LogP) is 2.34. The van der Waals surface area contributed by atoms with Gasteiger partial charge in [0.15, 0.2) is 5.60 Å². The van der Waals surface area contributed by atoms with E-state index in [9.17, 15) is 14.7 Å². The largest absolute Gasteiger partial charge is 0.497 e. The van der Waals surface area contributed by atoms with E-state index in [1.807, 2.05) is 26.0 Å². The van der Waals surface area contributed by atoms with Crippen molar-refractivity contribution in [1.82, 2.24) is 19.8 Å². The van der Waals surface area contributed by atoms with E-state index in [0.29, 0.717) is 17.2 Å². The van der Waals surface area contributed by atoms with E-state index >= 15 is 0 Å². The summed E-state index contributed by atoms with van der Waals surface area (Å²) in [6.45, 7) is 6.89. The summed E-state index contributed by atoms with van der Waals surface area (Å²) in [5.74, 6) is 0.144. The molecule has 9 nitrogen and oxygen atoms in total. The van der Waals surface area contributed by atoms with Gasteiger partial charge in [0, 0.05) is 0 Å². The lowest BCUT2D eigenvalue weighted by Gasteiger charge is -2.24. The first-order chi connectivity index (χ1) is 14.1. The molecule has 0 saturated carbocycles. The van der Waals surface area contributed by atoms with E-state index in [-0.39, 0.29) is 12.2 Å². The van der Waals surface area contributed by atoms with Crippen molar-refractivity contribution in [3.8, 4) is 17.2 Å². The smallest absolute Gasteiger partial charge is 0.368 e. The Hall–Kier alpha value is -3.62. The van der Waals surface area contributed by atoms with Gasteiger partial charge in [-0.05, 0) is 79.1 Å². The summed E-state index contributed by atoms with van der Waals surface area (Å²) in [5.41, 5.74) is 1.23. The first-order valence-corrected chi connectivity index (χ1v) is 9.32. The fourth-order valence-corrected chi connectivity index (χ4v) is 3.02. The highest BCUT2D eigenvalue weighted by molar-refractivity contribution is 5.77. The Balaban J connectivity index is 1.86. The predicted molar refractivity (Wildman–Crippen MR) is 110 cm³/mol. The summed E-state index contributed by atoms with van der Waals surface area (Å²) in [5, 5.41) is 17.2. The van der Waals surface area contributed by atoms with Crippen molar-refractivity contribution in [1.29, 1.82) is 0 Å². The molecule has 1 N–H and O–H groups in total. The second kappa shape index (κ2) is 8.02. The Bertz CT molecular complexity index is 1110. The third kappa shape index (κ3) is 4.19. The van der Waals surface area contributed by atoms with E-state index in [1.165, 1.54) is 23.2 Å². The number of carboxylic acid groups (broad SMARTS) is 1. The number of methoxy groups -OCH3 is 1. The number of ether oxygens (including phenoxy) is 2. The minimum Gasteiger partial charge on any atom is -0.497 e. The average Bonchev–Trinajstić information content (AvgIpc) is 3.05. The molecule has 1 heterocycles. The summed E-state index contributed by atoms with van der Waals surface area (Å²) in [6, 6.07) is 10.6. The van der Waals surface area contributed by atoms with Gasteiger partial charge in [-0.3, -0.25) is 0 Å². The van der Waals surface area contributed by atoms with Crippen molar-refractivity contribution in [3.05, 3.63) is 63.6 Å². The van der Waals surface area contributed by atoms with Gasteiger partial charge < -0.3 is 14.6 Å². The van der Waals surface area contributed by atoms with Crippen LogP contribution in [0.4, 0.5) is 0 Å². The molecule has 0 spiro atoms. The highest BCUT2D eigenvalue weighted by atomic mass is 16.5. The van der Waals surface area contributed by atoms with Crippen molar-refractivity contribution in [3.63, 3.8) is 0 Å². The first-order valence-electron chi connectivity index (χ1n) is 9.32. The second-order valence-electron chi connectivity index (χ2n) is 7.51. The van der Waals surface area contributed by atoms with Gasteiger partial charge >= 0.3 is 11.7 Å². The van der Waals surface area contributed by atoms with Gasteiger partial charge in [-0.25, -0.2) is 9.59 Å². The number of aryl methyl sites for hydroxylation is 2. The Labute approximate surface area is 173 Å². The standard InChI is InChI=1S/C21H24N4O5/c1-13-10-15(11-14(2)18(13)30-21(3,4)19(26)27)12-24-20(28)25(23-22-24)16-6-8-17(29-5)9-7-16/h6-11H,12H2,1-5H3,(H,26,27). The number of rotatable bonds is 7. The van der Waals surface area contributed by atoms with Gasteiger partial charge in [-0.15, -0.1) is 0 Å². The molecule has 0 bridgehead atoms. The van der Waals surface area contributed by atoms with Crippen LogP contribution in [0.3, 0.4) is 0 Å². The SMILES string of the molecule is COc1ccc(-n2nnn(Cc3cc(C)c(OC(C)(C)C(=O)O)c(C)c3)c2=O)cc1. The van der Waals surface area contributed by atoms with Crippen LogP contribution in [0, 0.1) is 13.8 Å². The quantitative estimate of drug-likeness (QED) is 0.634. The third-order valence-electron chi connectivity index (χ3n) is 4.68. The summed E-state index contributed by atoms with van der Waals surface area (Å²) in [7, 11) is 1.57. The molecular weight excluding hydrogens is 388 g/mol. The van der Waals surface area contributed by atoms with Crippen LogP contribution in [-0.4, -0.2) is 43.6 Å². The molecule has 0 unspecified atom stereocenters. The van der Waals surface area contributed by atoms with Crippen LogP contribution in [0.2, 0.25) is 0 Å². The van der Waals surface area contributed by atoms with E-state index in [0.717, 1.165) is 16.7 Å². The minimum absolute atomic E-state index is 0.221. The van der Waals surface area contributed by atoms with Crippen LogP contribution in [0.5, 0.6) is 11.5 Å². The summed E-state index contributed by atoms with van der Waals surface area (Å²) in [4.78, 5) is 24.1. The lowest BCUT2D eigenvalue weighted by atomic mass is 10.0. The molecule has 0 atom stereocenters. The van der Waals surface area contributed by atoms with Crippen molar-refractivity contribution in [2.75, 3.05) is 7.11 Å². The van der Waals surface area contributed by atoms with Gasteiger partial charge in [0.25, 0.3) is 0 Å². The zero-order valence-corrected chi connectivity index (χ0v) is 17.5. The van der Waals surface area contributed by atoms with Gasteiger partial charge in [0.1, 0.15) is 11.5 Å². The molecular formula is C21H24N4O5. The highest BCUT2D eigenvalue weighted by Gasteiger charge is 2.30. The maximum atomic E-state index is 12.7. The highest BCUT2D eigenvalue weighted by Crippen LogP contribution is 2.29. The van der Waals surface area contributed by atoms with Crippen molar-refractivity contribution < 1.29 is 19.4 Å². The van der Waals surface area contributed by atoms with Crippen LogP contribution in [-0.2, 0) is 11.3 Å². The number of aliphatic carboxylic acids is 1. The van der Waals surface area contributed by atoms with Crippen LogP contribution in [0.15, 0.2) is 41.2 Å². The van der Waals surface area contributed by atoms with Crippen LogP contribution in [0.25, 0.3) is 5.69 Å². The van der Waals surface area contributed by atoms with Gasteiger partial charge in [0.2, 0.25) is 0 Å². The average molecular weight is 412 g/mol. The zero-order valence-electron chi connectivity index (χ0n) is 17.5. The van der Waals surface area contributed by atoms with Crippen LogP contribution >= 0.6 is 0 Å². The van der Waals surface area contributed by atoms with Gasteiger partial charge in [-0.1, -0.05) is 12.1 Å². The Kier molecular flexibility index (Phi) is 5.64. The molecule has 0 saturated heterocycles. The number of aromatic nitrogens is 4. The molecule has 1 aromatic heterocycles. The lowest BCUT2D eigenvalue weighted by Crippen LogP contribution is -2.38. The fraction of sp³-hybridized carbons (Fsp3) is 0.333. The summed E-state index contributed by atoms with van der Waals surface area (Å²) >= 11 is 0. The zero-order chi connectivity index (χ0) is 22.1. The number of carbonyl (C=O) groups is 1. The van der Waals surface area contributed by atoms with Crippen LogP contribution in [0.1, 0.15) is 30.5 Å². The first kappa shape index (κ1) is 21.1. The second-order valence-corrected chi connectivity index (χ2v) is 7.51. The van der Waals surface area contributed by atoms with E-state index in [1.54, 1.807) is 31.4 Å². The Morgan fingerprint density at radius 2 is 1.70 bits per heavy atom. The number of tetrazole rings is 1. The molecule has 30 heavy (non-hydrogen) atoms.